The van der Waals surface area contributed by atoms with Crippen LogP contribution in [0.15, 0.2) is 36.4 Å². The Labute approximate surface area is 117 Å². The summed E-state index contributed by atoms with van der Waals surface area (Å²) in [4.78, 5) is 13.4. The fourth-order valence-electron chi connectivity index (χ4n) is 1.69. The maximum atomic E-state index is 11.2. The van der Waals surface area contributed by atoms with Crippen LogP contribution in [0.25, 0.3) is 0 Å². The van der Waals surface area contributed by atoms with Crippen molar-refractivity contribution in [3.63, 3.8) is 0 Å². The maximum absolute atomic E-state index is 11.2. The van der Waals surface area contributed by atoms with Crippen molar-refractivity contribution in [2.45, 2.75) is 19.9 Å². The molecule has 100 valence electrons. The zero-order valence-electron chi connectivity index (χ0n) is 11.1. The molecule has 0 aliphatic heterocycles. The monoisotopic (exact) mass is 275 g/mol. The highest BCUT2D eigenvalue weighted by Crippen LogP contribution is 2.19. The number of hydrogen-bond donors (Lipinski definition) is 1. The molecule has 0 saturated carbocycles. The first-order valence-electron chi connectivity index (χ1n) is 6.12. The van der Waals surface area contributed by atoms with Crippen molar-refractivity contribution in [3.8, 4) is 0 Å². The Kier molecular flexibility index (Phi) is 4.58. The van der Waals surface area contributed by atoms with Crippen LogP contribution >= 0.6 is 11.3 Å². The molecule has 3 nitrogen and oxygen atoms in total. The summed E-state index contributed by atoms with van der Waals surface area (Å²) in [5, 5.41) is 3.36. The molecule has 0 fully saturated rings. The molecule has 1 heterocycles. The number of carbonyl (C=O) groups is 1. The number of nitrogens with one attached hydrogen (secondary N) is 1. The first kappa shape index (κ1) is 13.6. The number of benzene rings is 1. The summed E-state index contributed by atoms with van der Waals surface area (Å²) < 4.78 is 4.66. The number of aryl methyl sites for hydroxylation is 1. The highest BCUT2D eigenvalue weighted by Gasteiger charge is 2.06. The predicted molar refractivity (Wildman–Crippen MR) is 78.5 cm³/mol. The van der Waals surface area contributed by atoms with E-state index in [1.165, 1.54) is 17.6 Å². The Morgan fingerprint density at radius 2 is 1.84 bits per heavy atom. The van der Waals surface area contributed by atoms with Gasteiger partial charge in [-0.25, -0.2) is 0 Å². The van der Waals surface area contributed by atoms with Crippen LogP contribution in [-0.4, -0.2) is 13.1 Å². The van der Waals surface area contributed by atoms with Gasteiger partial charge in [-0.15, -0.1) is 11.3 Å². The smallest absolute Gasteiger partial charge is 0.310 e. The van der Waals surface area contributed by atoms with E-state index < -0.39 is 0 Å². The van der Waals surface area contributed by atoms with Crippen LogP contribution in [0.3, 0.4) is 0 Å². The molecular formula is C15H17NO2S. The van der Waals surface area contributed by atoms with Gasteiger partial charge in [0.25, 0.3) is 0 Å². The van der Waals surface area contributed by atoms with E-state index in [4.69, 9.17) is 0 Å². The molecule has 0 radical (unpaired) electrons. The van der Waals surface area contributed by atoms with E-state index >= 15 is 0 Å². The molecule has 0 saturated heterocycles. The third kappa shape index (κ3) is 4.10. The lowest BCUT2D eigenvalue weighted by atomic mass is 10.2. The molecule has 2 aromatic rings. The number of esters is 1. The van der Waals surface area contributed by atoms with Gasteiger partial charge < -0.3 is 10.1 Å². The Bertz CT molecular complexity index is 546. The first-order chi connectivity index (χ1) is 9.17. The van der Waals surface area contributed by atoms with Crippen molar-refractivity contribution in [2.75, 3.05) is 12.4 Å². The van der Waals surface area contributed by atoms with Crippen molar-refractivity contribution >= 4 is 23.0 Å². The third-order valence-corrected chi connectivity index (χ3v) is 3.87. The topological polar surface area (TPSA) is 38.3 Å². The van der Waals surface area contributed by atoms with E-state index in [1.807, 2.05) is 12.1 Å². The van der Waals surface area contributed by atoms with Gasteiger partial charge in [-0.1, -0.05) is 17.7 Å². The Balaban J connectivity index is 1.89. The van der Waals surface area contributed by atoms with Gasteiger partial charge in [0.15, 0.2) is 0 Å². The zero-order valence-corrected chi connectivity index (χ0v) is 11.9. The van der Waals surface area contributed by atoms with Crippen LogP contribution in [-0.2, 0) is 22.5 Å². The molecular weight excluding hydrogens is 258 g/mol. The van der Waals surface area contributed by atoms with Crippen molar-refractivity contribution in [3.05, 3.63) is 51.7 Å². The zero-order chi connectivity index (χ0) is 13.7. The quantitative estimate of drug-likeness (QED) is 0.850. The SMILES string of the molecule is COC(=O)Cc1ccc(CNc2ccc(C)cc2)s1. The molecule has 4 heteroatoms. The van der Waals surface area contributed by atoms with Gasteiger partial charge in [0.1, 0.15) is 0 Å². The lowest BCUT2D eigenvalue weighted by Gasteiger charge is -2.04. The highest BCUT2D eigenvalue weighted by atomic mass is 32.1. The maximum Gasteiger partial charge on any atom is 0.310 e. The average molecular weight is 275 g/mol. The molecule has 0 unspecified atom stereocenters. The van der Waals surface area contributed by atoms with Gasteiger partial charge in [0.05, 0.1) is 13.5 Å². The van der Waals surface area contributed by atoms with E-state index in [2.05, 4.69) is 41.2 Å². The van der Waals surface area contributed by atoms with Gasteiger partial charge in [-0.3, -0.25) is 4.79 Å². The van der Waals surface area contributed by atoms with Crippen LogP contribution in [0, 0.1) is 6.92 Å². The van der Waals surface area contributed by atoms with Crippen molar-refractivity contribution in [2.24, 2.45) is 0 Å². The summed E-state index contributed by atoms with van der Waals surface area (Å²) in [6.45, 7) is 2.84. The lowest BCUT2D eigenvalue weighted by Crippen LogP contribution is -2.02. The summed E-state index contributed by atoms with van der Waals surface area (Å²) in [5.74, 6) is -0.195. The molecule has 2 rings (SSSR count). The summed E-state index contributed by atoms with van der Waals surface area (Å²) in [6.07, 6.45) is 0.353. The molecule has 0 atom stereocenters. The minimum absolute atomic E-state index is 0.195. The standard InChI is InChI=1S/C15H17NO2S/c1-11-3-5-12(6-4-11)16-10-14-8-7-13(19-14)9-15(17)18-2/h3-8,16H,9-10H2,1-2H3. The fraction of sp³-hybridized carbons (Fsp3) is 0.267. The van der Waals surface area contributed by atoms with Crippen LogP contribution in [0.1, 0.15) is 15.3 Å². The minimum atomic E-state index is -0.195. The van der Waals surface area contributed by atoms with E-state index in [9.17, 15) is 4.79 Å². The van der Waals surface area contributed by atoms with E-state index in [-0.39, 0.29) is 5.97 Å². The number of methoxy groups -OCH3 is 1. The van der Waals surface area contributed by atoms with Crippen molar-refractivity contribution in [1.82, 2.24) is 0 Å². The number of carbonyl (C=O) groups excluding carboxylic acids is 1. The highest BCUT2D eigenvalue weighted by molar-refractivity contribution is 7.12. The number of anilines is 1. The molecule has 0 aliphatic carbocycles. The first-order valence-corrected chi connectivity index (χ1v) is 6.94. The number of ether oxygens (including phenoxy) is 1. The van der Waals surface area contributed by atoms with Gasteiger partial charge >= 0.3 is 5.97 Å². The van der Waals surface area contributed by atoms with Crippen molar-refractivity contribution in [1.29, 1.82) is 0 Å². The Morgan fingerprint density at radius 3 is 2.53 bits per heavy atom. The molecule has 19 heavy (non-hydrogen) atoms. The lowest BCUT2D eigenvalue weighted by molar-refractivity contribution is -0.139. The van der Waals surface area contributed by atoms with Crippen molar-refractivity contribution < 1.29 is 9.53 Å². The Morgan fingerprint density at radius 1 is 1.16 bits per heavy atom. The molecule has 0 bridgehead atoms. The number of hydrogen-bond acceptors (Lipinski definition) is 4. The molecule has 0 spiro atoms. The third-order valence-electron chi connectivity index (χ3n) is 2.78. The summed E-state index contributed by atoms with van der Waals surface area (Å²) in [7, 11) is 1.41. The van der Waals surface area contributed by atoms with Gasteiger partial charge in [0.2, 0.25) is 0 Å². The number of rotatable bonds is 5. The minimum Gasteiger partial charge on any atom is -0.469 e. The second-order valence-corrected chi connectivity index (χ2v) is 5.59. The van der Waals surface area contributed by atoms with Crippen LogP contribution in [0.4, 0.5) is 5.69 Å². The van der Waals surface area contributed by atoms with Crippen LogP contribution in [0.5, 0.6) is 0 Å². The molecule has 1 N–H and O–H groups in total. The average Bonchev–Trinajstić information content (AvgIpc) is 2.85. The van der Waals surface area contributed by atoms with Gasteiger partial charge in [0, 0.05) is 22.0 Å². The summed E-state index contributed by atoms with van der Waals surface area (Å²) in [5.41, 5.74) is 2.36. The van der Waals surface area contributed by atoms with Crippen LogP contribution < -0.4 is 5.32 Å². The largest absolute Gasteiger partial charge is 0.469 e. The molecule has 0 aliphatic rings. The number of thiophene rings is 1. The normalized spacial score (nSPS) is 10.2. The van der Waals surface area contributed by atoms with Gasteiger partial charge in [-0.2, -0.15) is 0 Å². The second-order valence-electron chi connectivity index (χ2n) is 4.34. The van der Waals surface area contributed by atoms with E-state index in [1.54, 1.807) is 11.3 Å². The molecule has 1 aromatic carbocycles. The fourth-order valence-corrected chi connectivity index (χ4v) is 2.63. The predicted octanol–water partition coefficient (Wildman–Crippen LogP) is 3.38. The molecule has 0 amide bonds. The summed E-state index contributed by atoms with van der Waals surface area (Å²) in [6, 6.07) is 12.3. The van der Waals surface area contributed by atoms with Crippen LogP contribution in [0.2, 0.25) is 0 Å². The molecule has 1 aromatic heterocycles. The second kappa shape index (κ2) is 6.38. The van der Waals surface area contributed by atoms with E-state index in [0.29, 0.717) is 6.42 Å². The Hall–Kier alpha value is -1.81. The summed E-state index contributed by atoms with van der Waals surface area (Å²) >= 11 is 1.64. The van der Waals surface area contributed by atoms with E-state index in [0.717, 1.165) is 17.1 Å². The van der Waals surface area contributed by atoms with Gasteiger partial charge in [-0.05, 0) is 31.2 Å².